The molecule has 0 aliphatic heterocycles. The van der Waals surface area contributed by atoms with Crippen LogP contribution in [-0.4, -0.2) is 25.5 Å². The van der Waals surface area contributed by atoms with Crippen LogP contribution in [-0.2, 0) is 10.0 Å². The highest BCUT2D eigenvalue weighted by atomic mass is 32.2. The quantitative estimate of drug-likeness (QED) is 0.779. The van der Waals surface area contributed by atoms with Gasteiger partial charge >= 0.3 is 12.0 Å². The van der Waals surface area contributed by atoms with Crippen molar-refractivity contribution >= 4 is 22.0 Å². The zero-order chi connectivity index (χ0) is 17.2. The molecule has 120 valence electrons. The summed E-state index contributed by atoms with van der Waals surface area (Å²) in [6, 6.07) is 7.53. The number of nitrogens with one attached hydrogen (secondary N) is 1. The van der Waals surface area contributed by atoms with E-state index in [2.05, 4.69) is 0 Å². The Morgan fingerprint density at radius 2 is 1.61 bits per heavy atom. The Kier molecular flexibility index (Phi) is 4.32. The molecule has 2 rings (SSSR count). The minimum absolute atomic E-state index is 0.194. The summed E-state index contributed by atoms with van der Waals surface area (Å²) < 4.78 is 38.5. The molecule has 4 N–H and O–H groups in total. The number of carboxylic acid groups (broad SMARTS) is 1. The number of benzene rings is 2. The summed E-state index contributed by atoms with van der Waals surface area (Å²) in [5.41, 5.74) is 5.16. The van der Waals surface area contributed by atoms with Gasteiger partial charge in [0.1, 0.15) is 5.82 Å². The van der Waals surface area contributed by atoms with E-state index >= 15 is 0 Å². The fraction of sp³-hybridized carbons (Fsp3) is 0. The second-order valence-electron chi connectivity index (χ2n) is 4.49. The van der Waals surface area contributed by atoms with E-state index < -0.39 is 33.4 Å². The highest BCUT2D eigenvalue weighted by Crippen LogP contribution is 2.23. The van der Waals surface area contributed by atoms with Gasteiger partial charge < -0.3 is 10.8 Å². The van der Waals surface area contributed by atoms with Crippen LogP contribution in [0, 0.1) is 5.82 Å². The monoisotopic (exact) mass is 338 g/mol. The summed E-state index contributed by atoms with van der Waals surface area (Å²) in [6.07, 6.45) is 0. The second-order valence-corrected chi connectivity index (χ2v) is 6.18. The van der Waals surface area contributed by atoms with Crippen LogP contribution < -0.4 is 10.5 Å². The third-order valence-corrected chi connectivity index (χ3v) is 4.29. The number of primary amides is 1. The van der Waals surface area contributed by atoms with E-state index in [4.69, 9.17) is 10.8 Å². The lowest BCUT2D eigenvalue weighted by atomic mass is 10.0. The van der Waals surface area contributed by atoms with Gasteiger partial charge in [0.15, 0.2) is 0 Å². The zero-order valence-electron chi connectivity index (χ0n) is 11.5. The van der Waals surface area contributed by atoms with Crippen molar-refractivity contribution in [2.45, 2.75) is 4.90 Å². The Morgan fingerprint density at radius 3 is 2.13 bits per heavy atom. The molecule has 9 heteroatoms. The number of halogens is 1. The van der Waals surface area contributed by atoms with Gasteiger partial charge in [-0.25, -0.2) is 27.1 Å². The van der Waals surface area contributed by atoms with Gasteiger partial charge in [-0.2, -0.15) is 0 Å². The third-order valence-electron chi connectivity index (χ3n) is 2.93. The molecule has 2 aromatic carbocycles. The number of carbonyl (C=O) groups excluding carboxylic acids is 1. The number of sulfonamides is 1. The predicted octanol–water partition coefficient (Wildman–Crippen LogP) is 1.55. The molecular formula is C14H11FN2O5S. The number of carboxylic acids is 1. The standard InChI is InChI=1S/C14H11FN2O5S/c15-12-6-3-9(7-11(12)13(18)19)8-1-4-10(5-2-8)23(21,22)17-14(16)20/h1-7H,(H,18,19)(H3,16,17,20). The Balaban J connectivity index is 2.39. The molecule has 0 spiro atoms. The fourth-order valence-corrected chi connectivity index (χ4v) is 2.76. The molecule has 2 aromatic rings. The van der Waals surface area contributed by atoms with Crippen molar-refractivity contribution in [1.82, 2.24) is 4.72 Å². The van der Waals surface area contributed by atoms with Gasteiger partial charge in [-0.3, -0.25) is 0 Å². The molecule has 2 amide bonds. The van der Waals surface area contributed by atoms with Gasteiger partial charge in [-0.1, -0.05) is 18.2 Å². The highest BCUT2D eigenvalue weighted by Gasteiger charge is 2.16. The zero-order valence-corrected chi connectivity index (χ0v) is 12.3. The molecule has 7 nitrogen and oxygen atoms in total. The van der Waals surface area contributed by atoms with Gasteiger partial charge in [-0.15, -0.1) is 0 Å². The molecule has 0 saturated carbocycles. The molecule has 0 unspecified atom stereocenters. The Morgan fingerprint density at radius 1 is 1.04 bits per heavy atom. The summed E-state index contributed by atoms with van der Waals surface area (Å²) >= 11 is 0. The first-order valence-electron chi connectivity index (χ1n) is 6.16. The number of urea groups is 1. The normalized spacial score (nSPS) is 11.0. The molecule has 0 aliphatic rings. The largest absolute Gasteiger partial charge is 0.478 e. The van der Waals surface area contributed by atoms with Crippen LogP contribution in [0.4, 0.5) is 9.18 Å². The number of hydrogen-bond acceptors (Lipinski definition) is 4. The topological polar surface area (TPSA) is 127 Å². The van der Waals surface area contributed by atoms with Gasteiger partial charge in [0.25, 0.3) is 10.0 Å². The summed E-state index contributed by atoms with van der Waals surface area (Å²) in [5.74, 6) is -2.28. The molecule has 0 radical (unpaired) electrons. The van der Waals surface area contributed by atoms with Crippen LogP contribution in [0.15, 0.2) is 47.4 Å². The minimum Gasteiger partial charge on any atom is -0.478 e. The van der Waals surface area contributed by atoms with Gasteiger partial charge in [0, 0.05) is 0 Å². The van der Waals surface area contributed by atoms with Crippen molar-refractivity contribution in [3.05, 3.63) is 53.8 Å². The van der Waals surface area contributed by atoms with Crippen molar-refractivity contribution < 1.29 is 27.5 Å². The lowest BCUT2D eigenvalue weighted by Crippen LogP contribution is -2.34. The first-order chi connectivity index (χ1) is 10.7. The van der Waals surface area contributed by atoms with E-state index in [-0.39, 0.29) is 4.90 Å². The molecule has 23 heavy (non-hydrogen) atoms. The first-order valence-corrected chi connectivity index (χ1v) is 7.64. The maximum atomic E-state index is 13.4. The molecule has 0 bridgehead atoms. The molecule has 0 aromatic heterocycles. The lowest BCUT2D eigenvalue weighted by molar-refractivity contribution is 0.0692. The number of rotatable bonds is 4. The SMILES string of the molecule is NC(=O)NS(=O)(=O)c1ccc(-c2ccc(F)c(C(=O)O)c2)cc1. The van der Waals surface area contributed by atoms with Crippen LogP contribution in [0.3, 0.4) is 0 Å². The third kappa shape index (κ3) is 3.64. The number of aromatic carboxylic acids is 1. The number of nitrogens with two attached hydrogens (primary N) is 1. The highest BCUT2D eigenvalue weighted by molar-refractivity contribution is 7.90. The number of amides is 2. The summed E-state index contributed by atoms with van der Waals surface area (Å²) in [5, 5.41) is 8.90. The molecule has 0 heterocycles. The summed E-state index contributed by atoms with van der Waals surface area (Å²) in [4.78, 5) is 21.4. The Labute approximate surface area is 130 Å². The van der Waals surface area contributed by atoms with Crippen LogP contribution in [0.25, 0.3) is 11.1 Å². The average Bonchev–Trinajstić information content (AvgIpc) is 2.46. The Bertz CT molecular complexity index is 879. The maximum Gasteiger partial charge on any atom is 0.338 e. The van der Waals surface area contributed by atoms with Gasteiger partial charge in [-0.05, 0) is 35.4 Å². The van der Waals surface area contributed by atoms with Crippen LogP contribution in [0.5, 0.6) is 0 Å². The van der Waals surface area contributed by atoms with Crippen molar-refractivity contribution in [1.29, 1.82) is 0 Å². The van der Waals surface area contributed by atoms with Gasteiger partial charge in [0.2, 0.25) is 0 Å². The van der Waals surface area contributed by atoms with E-state index in [0.717, 1.165) is 12.1 Å². The average molecular weight is 338 g/mol. The molecule has 0 saturated heterocycles. The van der Waals surface area contributed by atoms with Crippen molar-refractivity contribution in [2.24, 2.45) is 5.73 Å². The summed E-state index contributed by atoms with van der Waals surface area (Å²) in [7, 11) is -4.07. The van der Waals surface area contributed by atoms with Crippen molar-refractivity contribution in [3.8, 4) is 11.1 Å². The Hall–Kier alpha value is -2.94. The van der Waals surface area contributed by atoms with Crippen molar-refractivity contribution in [2.75, 3.05) is 0 Å². The van der Waals surface area contributed by atoms with Gasteiger partial charge in [0.05, 0.1) is 10.5 Å². The summed E-state index contributed by atoms with van der Waals surface area (Å²) in [6.45, 7) is 0. The van der Waals surface area contributed by atoms with E-state index in [9.17, 15) is 22.4 Å². The molecular weight excluding hydrogens is 327 g/mol. The molecule has 0 aliphatic carbocycles. The maximum absolute atomic E-state index is 13.4. The predicted molar refractivity (Wildman–Crippen MR) is 78.7 cm³/mol. The smallest absolute Gasteiger partial charge is 0.338 e. The second kappa shape index (κ2) is 6.05. The molecule has 0 fully saturated rings. The van der Waals surface area contributed by atoms with Crippen LogP contribution in [0.2, 0.25) is 0 Å². The first kappa shape index (κ1) is 16.4. The molecule has 0 atom stereocenters. The van der Waals surface area contributed by atoms with Crippen molar-refractivity contribution in [3.63, 3.8) is 0 Å². The number of hydrogen-bond donors (Lipinski definition) is 3. The lowest BCUT2D eigenvalue weighted by Gasteiger charge is -2.07. The minimum atomic E-state index is -4.07. The van der Waals surface area contributed by atoms with Crippen LogP contribution >= 0.6 is 0 Å². The fourth-order valence-electron chi connectivity index (χ4n) is 1.89. The van der Waals surface area contributed by atoms with E-state index in [1.807, 2.05) is 0 Å². The van der Waals surface area contributed by atoms with Crippen LogP contribution in [0.1, 0.15) is 10.4 Å². The number of carbonyl (C=O) groups is 2. The van der Waals surface area contributed by atoms with E-state index in [1.165, 1.54) is 30.3 Å². The van der Waals surface area contributed by atoms with E-state index in [0.29, 0.717) is 11.1 Å². The van der Waals surface area contributed by atoms with E-state index in [1.54, 1.807) is 4.72 Å².